The van der Waals surface area contributed by atoms with Gasteiger partial charge in [0.05, 0.1) is 10.6 Å². The molecule has 0 radical (unpaired) electrons. The summed E-state index contributed by atoms with van der Waals surface area (Å²) in [5.74, 6) is -1.43. The van der Waals surface area contributed by atoms with Crippen molar-refractivity contribution >= 4 is 35.1 Å². The minimum atomic E-state index is -1.04. The van der Waals surface area contributed by atoms with Crippen LogP contribution < -0.4 is 5.32 Å². The number of hydrogen-bond donors (Lipinski definition) is 2. The minimum Gasteiger partial charge on any atom is -0.480 e. The van der Waals surface area contributed by atoms with Crippen LogP contribution in [0.1, 0.15) is 10.4 Å². The summed E-state index contributed by atoms with van der Waals surface area (Å²) in [7, 11) is 0. The van der Waals surface area contributed by atoms with Crippen LogP contribution in [0.2, 0.25) is 10.0 Å². The lowest BCUT2D eigenvalue weighted by Gasteiger charge is -2.33. The first-order valence-electron chi connectivity index (χ1n) is 5.70. The van der Waals surface area contributed by atoms with E-state index in [1.54, 1.807) is 6.07 Å². The summed E-state index contributed by atoms with van der Waals surface area (Å²) in [6.07, 6.45) is 0. The molecule has 1 aromatic rings. The Morgan fingerprint density at radius 1 is 1.37 bits per heavy atom. The molecule has 1 aromatic carbocycles. The van der Waals surface area contributed by atoms with Crippen LogP contribution in [0.3, 0.4) is 0 Å². The lowest BCUT2D eigenvalue weighted by atomic mass is 10.1. The Bertz CT molecular complexity index is 522. The fraction of sp³-hybridized carbons (Fsp3) is 0.333. The average Bonchev–Trinajstić information content (AvgIpc) is 2.38. The molecule has 1 aliphatic rings. The van der Waals surface area contributed by atoms with Crippen molar-refractivity contribution in [3.63, 3.8) is 0 Å². The van der Waals surface area contributed by atoms with Gasteiger partial charge in [-0.2, -0.15) is 0 Å². The first-order chi connectivity index (χ1) is 9.00. The van der Waals surface area contributed by atoms with Crippen LogP contribution in [0.25, 0.3) is 0 Å². The highest BCUT2D eigenvalue weighted by molar-refractivity contribution is 6.36. The molecule has 19 heavy (non-hydrogen) atoms. The second-order valence-electron chi connectivity index (χ2n) is 4.18. The van der Waals surface area contributed by atoms with Crippen molar-refractivity contribution in [2.24, 2.45) is 0 Å². The maximum Gasteiger partial charge on any atom is 0.327 e. The second kappa shape index (κ2) is 5.77. The van der Waals surface area contributed by atoms with Crippen molar-refractivity contribution in [2.75, 3.05) is 19.6 Å². The van der Waals surface area contributed by atoms with Gasteiger partial charge in [0.2, 0.25) is 0 Å². The van der Waals surface area contributed by atoms with Gasteiger partial charge in [0.1, 0.15) is 6.04 Å². The molecular formula is C12H12Cl2N2O3. The van der Waals surface area contributed by atoms with Gasteiger partial charge in [-0.05, 0) is 18.2 Å². The van der Waals surface area contributed by atoms with Gasteiger partial charge in [0.25, 0.3) is 5.91 Å². The molecular weight excluding hydrogens is 291 g/mol. The van der Waals surface area contributed by atoms with Gasteiger partial charge in [-0.15, -0.1) is 0 Å². The number of rotatable bonds is 2. The third-order valence-corrected chi connectivity index (χ3v) is 3.50. The van der Waals surface area contributed by atoms with Crippen LogP contribution in [0.4, 0.5) is 0 Å². The van der Waals surface area contributed by atoms with Gasteiger partial charge >= 0.3 is 5.97 Å². The van der Waals surface area contributed by atoms with Crippen molar-refractivity contribution in [1.82, 2.24) is 10.2 Å². The summed E-state index contributed by atoms with van der Waals surface area (Å²) in [4.78, 5) is 24.8. The van der Waals surface area contributed by atoms with E-state index in [-0.39, 0.29) is 17.1 Å². The number of carbonyl (C=O) groups excluding carboxylic acids is 1. The van der Waals surface area contributed by atoms with Gasteiger partial charge in [-0.3, -0.25) is 4.79 Å². The Balaban J connectivity index is 2.28. The molecule has 0 aromatic heterocycles. The largest absolute Gasteiger partial charge is 0.480 e. The molecule has 1 heterocycles. The van der Waals surface area contributed by atoms with E-state index in [2.05, 4.69) is 5.32 Å². The molecule has 1 fully saturated rings. The fourth-order valence-corrected chi connectivity index (χ4v) is 2.47. The number of nitrogens with zero attached hydrogens (tertiary/aromatic N) is 1. The number of piperazine rings is 1. The summed E-state index contributed by atoms with van der Waals surface area (Å²) < 4.78 is 0. The lowest BCUT2D eigenvalue weighted by Crippen LogP contribution is -2.57. The topological polar surface area (TPSA) is 69.6 Å². The van der Waals surface area contributed by atoms with Crippen molar-refractivity contribution in [3.05, 3.63) is 33.8 Å². The summed E-state index contributed by atoms with van der Waals surface area (Å²) in [6, 6.07) is 3.65. The van der Waals surface area contributed by atoms with E-state index in [1.165, 1.54) is 17.0 Å². The number of carboxylic acid groups (broad SMARTS) is 1. The van der Waals surface area contributed by atoms with Crippen molar-refractivity contribution in [2.45, 2.75) is 6.04 Å². The summed E-state index contributed by atoms with van der Waals surface area (Å²) >= 11 is 11.7. The van der Waals surface area contributed by atoms with E-state index >= 15 is 0 Å². The third kappa shape index (κ3) is 3.00. The zero-order valence-corrected chi connectivity index (χ0v) is 11.4. The Hall–Kier alpha value is -1.30. The van der Waals surface area contributed by atoms with Gasteiger partial charge in [0.15, 0.2) is 0 Å². The number of aliphatic carboxylic acids is 1. The maximum absolute atomic E-state index is 12.4. The van der Waals surface area contributed by atoms with Crippen molar-refractivity contribution < 1.29 is 14.7 Å². The number of carbonyl (C=O) groups is 2. The average molecular weight is 303 g/mol. The smallest absolute Gasteiger partial charge is 0.327 e. The number of hydrogen-bond acceptors (Lipinski definition) is 3. The number of carboxylic acids is 1. The van der Waals surface area contributed by atoms with Gasteiger partial charge in [-0.1, -0.05) is 23.2 Å². The number of halogens is 2. The van der Waals surface area contributed by atoms with E-state index < -0.39 is 17.9 Å². The molecule has 1 saturated heterocycles. The molecule has 1 atom stereocenters. The van der Waals surface area contributed by atoms with E-state index in [9.17, 15) is 9.59 Å². The molecule has 0 aliphatic carbocycles. The van der Waals surface area contributed by atoms with E-state index in [0.717, 1.165) is 0 Å². The predicted molar refractivity (Wildman–Crippen MR) is 71.8 cm³/mol. The highest BCUT2D eigenvalue weighted by atomic mass is 35.5. The van der Waals surface area contributed by atoms with E-state index in [0.29, 0.717) is 18.1 Å². The number of benzene rings is 1. The first-order valence-corrected chi connectivity index (χ1v) is 6.46. The molecule has 2 N–H and O–H groups in total. The van der Waals surface area contributed by atoms with E-state index in [4.69, 9.17) is 28.3 Å². The third-order valence-electron chi connectivity index (χ3n) is 2.95. The standard InChI is InChI=1S/C12H12Cl2N2O3/c13-7-1-2-8(9(14)5-7)11(17)16-4-3-15-6-10(16)12(18)19/h1-2,5,10,15H,3-4,6H2,(H,18,19). The van der Waals surface area contributed by atoms with Crippen LogP contribution in [0.5, 0.6) is 0 Å². The van der Waals surface area contributed by atoms with Crippen molar-refractivity contribution in [1.29, 1.82) is 0 Å². The van der Waals surface area contributed by atoms with Crippen LogP contribution in [0.15, 0.2) is 18.2 Å². The molecule has 7 heteroatoms. The maximum atomic E-state index is 12.4. The molecule has 1 aliphatic heterocycles. The first kappa shape index (κ1) is 14.1. The highest BCUT2D eigenvalue weighted by Gasteiger charge is 2.33. The van der Waals surface area contributed by atoms with Gasteiger partial charge in [-0.25, -0.2) is 4.79 Å². The molecule has 1 unspecified atom stereocenters. The highest BCUT2D eigenvalue weighted by Crippen LogP contribution is 2.23. The van der Waals surface area contributed by atoms with Crippen LogP contribution >= 0.6 is 23.2 Å². The second-order valence-corrected chi connectivity index (χ2v) is 5.02. The number of amides is 1. The molecule has 5 nitrogen and oxygen atoms in total. The predicted octanol–water partition coefficient (Wildman–Crippen LogP) is 1.49. The molecule has 0 saturated carbocycles. The van der Waals surface area contributed by atoms with Crippen molar-refractivity contribution in [3.8, 4) is 0 Å². The van der Waals surface area contributed by atoms with Gasteiger partial charge in [0, 0.05) is 24.7 Å². The molecule has 1 amide bonds. The Kier molecular flexibility index (Phi) is 4.29. The van der Waals surface area contributed by atoms with Gasteiger partial charge < -0.3 is 15.3 Å². The summed E-state index contributed by atoms with van der Waals surface area (Å²) in [5, 5.41) is 12.7. The van der Waals surface area contributed by atoms with Crippen LogP contribution in [-0.2, 0) is 4.79 Å². The molecule has 102 valence electrons. The Labute approximate surface area is 120 Å². The summed E-state index contributed by atoms with van der Waals surface area (Å²) in [5.41, 5.74) is 0.263. The Morgan fingerprint density at radius 2 is 2.11 bits per heavy atom. The lowest BCUT2D eigenvalue weighted by molar-refractivity contribution is -0.142. The normalized spacial score (nSPS) is 19.3. The van der Waals surface area contributed by atoms with Crippen LogP contribution in [-0.4, -0.2) is 47.6 Å². The molecule has 2 rings (SSSR count). The fourth-order valence-electron chi connectivity index (χ4n) is 1.99. The summed E-state index contributed by atoms with van der Waals surface area (Å²) in [6.45, 7) is 1.11. The number of nitrogens with one attached hydrogen (secondary N) is 1. The molecule has 0 spiro atoms. The minimum absolute atomic E-state index is 0.222. The monoisotopic (exact) mass is 302 g/mol. The quantitative estimate of drug-likeness (QED) is 0.868. The SMILES string of the molecule is O=C(O)C1CNCCN1C(=O)c1ccc(Cl)cc1Cl. The van der Waals surface area contributed by atoms with Crippen LogP contribution in [0, 0.1) is 0 Å². The van der Waals surface area contributed by atoms with E-state index in [1.807, 2.05) is 0 Å². The zero-order valence-electron chi connectivity index (χ0n) is 9.90. The Morgan fingerprint density at radius 3 is 2.74 bits per heavy atom. The molecule has 0 bridgehead atoms. The zero-order chi connectivity index (χ0) is 14.0.